The third kappa shape index (κ3) is 5.96. The molecule has 0 saturated heterocycles. The highest BCUT2D eigenvalue weighted by molar-refractivity contribution is 9.10. The van der Waals surface area contributed by atoms with Crippen LogP contribution in [-0.2, 0) is 10.3 Å². The van der Waals surface area contributed by atoms with Gasteiger partial charge >= 0.3 is 0 Å². The molecule has 3 aromatic rings. The number of para-hydroxylation sites is 1. The van der Waals surface area contributed by atoms with Gasteiger partial charge in [-0.2, -0.15) is 0 Å². The van der Waals surface area contributed by atoms with Crippen molar-refractivity contribution in [2.24, 2.45) is 5.41 Å². The number of amides is 1. The maximum absolute atomic E-state index is 12.2. The Morgan fingerprint density at radius 3 is 2.11 bits per heavy atom. The SMILES string of the molecule is CC(C)(NC(=O)C(Br)C(C)(C)C)c1ccccc1.c1ccc2occc2c1. The first kappa shape index (κ1) is 21.2. The Kier molecular flexibility index (Phi) is 6.88. The maximum Gasteiger partial charge on any atom is 0.234 e. The standard InChI is InChI=1S/C15H22BrNO.C8H6O/c1-14(2,3)12(16)13(18)17-15(4,5)11-9-7-6-8-10-11;1-2-4-8-7(3-1)5-6-9-8/h6-10,12H,1-5H3,(H,17,18);1-6H. The number of benzene rings is 2. The van der Waals surface area contributed by atoms with E-state index in [9.17, 15) is 4.79 Å². The zero-order valence-electron chi connectivity index (χ0n) is 16.6. The van der Waals surface area contributed by atoms with Crippen LogP contribution >= 0.6 is 15.9 Å². The second-order valence-electron chi connectivity index (χ2n) is 8.17. The molecule has 0 bridgehead atoms. The van der Waals surface area contributed by atoms with Gasteiger partial charge in [-0.15, -0.1) is 0 Å². The van der Waals surface area contributed by atoms with E-state index in [2.05, 4.69) is 21.2 Å². The lowest BCUT2D eigenvalue weighted by atomic mass is 9.89. The predicted molar refractivity (Wildman–Crippen MR) is 116 cm³/mol. The Bertz CT molecular complexity index is 832. The van der Waals surface area contributed by atoms with Crippen LogP contribution in [0, 0.1) is 5.41 Å². The number of nitrogens with one attached hydrogen (secondary N) is 1. The molecule has 0 fully saturated rings. The van der Waals surface area contributed by atoms with E-state index in [1.165, 1.54) is 0 Å². The molecule has 3 nitrogen and oxygen atoms in total. The lowest BCUT2D eigenvalue weighted by Gasteiger charge is -2.31. The van der Waals surface area contributed by atoms with Crippen molar-refractivity contribution in [2.75, 3.05) is 0 Å². The zero-order valence-corrected chi connectivity index (χ0v) is 18.2. The molecule has 1 heterocycles. The third-order valence-corrected chi connectivity index (χ3v) is 6.07. The number of halogens is 1. The zero-order chi connectivity index (χ0) is 20.1. The first-order valence-electron chi connectivity index (χ1n) is 9.05. The summed E-state index contributed by atoms with van der Waals surface area (Å²) in [5.41, 5.74) is 1.59. The van der Waals surface area contributed by atoms with Crippen LogP contribution in [0.3, 0.4) is 0 Å². The second-order valence-corrected chi connectivity index (χ2v) is 9.08. The largest absolute Gasteiger partial charge is 0.464 e. The summed E-state index contributed by atoms with van der Waals surface area (Å²) in [7, 11) is 0. The van der Waals surface area contributed by atoms with Crippen molar-refractivity contribution in [2.45, 2.75) is 45.0 Å². The summed E-state index contributed by atoms with van der Waals surface area (Å²) in [6, 6.07) is 19.9. The molecule has 27 heavy (non-hydrogen) atoms. The third-order valence-electron chi connectivity index (χ3n) is 4.28. The van der Waals surface area contributed by atoms with E-state index in [1.54, 1.807) is 6.26 Å². The predicted octanol–water partition coefficient (Wildman–Crippen LogP) is 6.28. The summed E-state index contributed by atoms with van der Waals surface area (Å²) in [6.07, 6.45) is 1.70. The minimum absolute atomic E-state index is 0.0244. The average Bonchev–Trinajstić information content (AvgIpc) is 3.10. The fourth-order valence-electron chi connectivity index (χ4n) is 2.60. The second kappa shape index (κ2) is 8.75. The first-order valence-corrected chi connectivity index (χ1v) is 9.97. The summed E-state index contributed by atoms with van der Waals surface area (Å²) in [4.78, 5) is 12.0. The van der Waals surface area contributed by atoms with Crippen LogP contribution in [0.5, 0.6) is 0 Å². The quantitative estimate of drug-likeness (QED) is 0.497. The molecule has 0 aliphatic carbocycles. The van der Waals surface area contributed by atoms with Gasteiger partial charge in [0.15, 0.2) is 0 Å². The van der Waals surface area contributed by atoms with E-state index < -0.39 is 0 Å². The van der Waals surface area contributed by atoms with Crippen molar-refractivity contribution < 1.29 is 9.21 Å². The van der Waals surface area contributed by atoms with Crippen LogP contribution in [0.1, 0.15) is 40.2 Å². The molecule has 4 heteroatoms. The molecule has 2 aromatic carbocycles. The molecule has 1 atom stereocenters. The van der Waals surface area contributed by atoms with Crippen LogP contribution < -0.4 is 5.32 Å². The minimum Gasteiger partial charge on any atom is -0.464 e. The lowest BCUT2D eigenvalue weighted by molar-refractivity contribution is -0.123. The number of hydrogen-bond acceptors (Lipinski definition) is 2. The fraction of sp³-hybridized carbons (Fsp3) is 0.348. The van der Waals surface area contributed by atoms with Gasteiger partial charge in [0.2, 0.25) is 5.91 Å². The van der Waals surface area contributed by atoms with E-state index in [0.717, 1.165) is 16.5 Å². The minimum atomic E-state index is -0.365. The molecule has 1 N–H and O–H groups in total. The molecule has 0 aliphatic rings. The van der Waals surface area contributed by atoms with Gasteiger partial charge in [0, 0.05) is 5.39 Å². The molecular weight excluding hydrogens is 402 g/mol. The molecule has 1 aromatic heterocycles. The van der Waals surface area contributed by atoms with Crippen LogP contribution in [0.25, 0.3) is 11.0 Å². The van der Waals surface area contributed by atoms with Gasteiger partial charge in [-0.1, -0.05) is 85.2 Å². The van der Waals surface area contributed by atoms with Gasteiger partial charge in [0.05, 0.1) is 16.6 Å². The molecule has 3 rings (SSSR count). The Labute approximate surface area is 170 Å². The van der Waals surface area contributed by atoms with Crippen LogP contribution in [-0.4, -0.2) is 10.7 Å². The Morgan fingerprint density at radius 2 is 1.52 bits per heavy atom. The summed E-state index contributed by atoms with van der Waals surface area (Å²) < 4.78 is 5.12. The molecule has 0 aliphatic heterocycles. The Balaban J connectivity index is 0.000000239. The highest BCUT2D eigenvalue weighted by Crippen LogP contribution is 2.28. The molecule has 0 saturated carbocycles. The molecular formula is C23H28BrNO2. The van der Waals surface area contributed by atoms with Gasteiger partial charge < -0.3 is 9.73 Å². The number of alkyl halides is 1. The van der Waals surface area contributed by atoms with Crippen molar-refractivity contribution in [1.82, 2.24) is 5.32 Å². The highest BCUT2D eigenvalue weighted by atomic mass is 79.9. The van der Waals surface area contributed by atoms with Crippen molar-refractivity contribution in [3.05, 3.63) is 72.5 Å². The van der Waals surface area contributed by atoms with E-state index in [-0.39, 0.29) is 21.7 Å². The first-order chi connectivity index (χ1) is 12.6. The summed E-state index contributed by atoms with van der Waals surface area (Å²) in [5, 5.41) is 4.26. The Morgan fingerprint density at radius 1 is 0.926 bits per heavy atom. The van der Waals surface area contributed by atoms with E-state index >= 15 is 0 Å². The highest BCUT2D eigenvalue weighted by Gasteiger charge is 2.32. The van der Waals surface area contributed by atoms with Crippen molar-refractivity contribution in [1.29, 1.82) is 0 Å². The van der Waals surface area contributed by atoms with Crippen molar-refractivity contribution >= 4 is 32.8 Å². The molecule has 144 valence electrons. The van der Waals surface area contributed by atoms with Gasteiger partial charge in [0.25, 0.3) is 0 Å². The molecule has 0 spiro atoms. The van der Waals surface area contributed by atoms with Crippen LogP contribution in [0.4, 0.5) is 0 Å². The Hall–Kier alpha value is -2.07. The van der Waals surface area contributed by atoms with E-state index in [0.29, 0.717) is 0 Å². The number of carbonyl (C=O) groups excluding carboxylic acids is 1. The van der Waals surface area contributed by atoms with Crippen LogP contribution in [0.15, 0.2) is 71.3 Å². The topological polar surface area (TPSA) is 42.2 Å². The smallest absolute Gasteiger partial charge is 0.234 e. The fourth-order valence-corrected chi connectivity index (χ4v) is 2.71. The molecule has 1 amide bonds. The van der Waals surface area contributed by atoms with Crippen molar-refractivity contribution in [3.63, 3.8) is 0 Å². The number of hydrogen-bond donors (Lipinski definition) is 1. The average molecular weight is 430 g/mol. The number of rotatable bonds is 3. The normalized spacial score (nSPS) is 12.8. The monoisotopic (exact) mass is 429 g/mol. The van der Waals surface area contributed by atoms with Crippen molar-refractivity contribution in [3.8, 4) is 0 Å². The number of furan rings is 1. The van der Waals surface area contributed by atoms with Gasteiger partial charge in [-0.25, -0.2) is 0 Å². The van der Waals surface area contributed by atoms with Gasteiger partial charge in [-0.3, -0.25) is 4.79 Å². The van der Waals surface area contributed by atoms with E-state index in [1.807, 2.05) is 95.3 Å². The van der Waals surface area contributed by atoms with E-state index in [4.69, 9.17) is 4.42 Å². The van der Waals surface area contributed by atoms with Gasteiger partial charge in [-0.05, 0) is 37.0 Å². The number of carbonyl (C=O) groups is 1. The summed E-state index contributed by atoms with van der Waals surface area (Å²) in [6.45, 7) is 10.2. The lowest BCUT2D eigenvalue weighted by Crippen LogP contribution is -2.47. The van der Waals surface area contributed by atoms with Gasteiger partial charge in [0.1, 0.15) is 5.58 Å². The molecule has 1 unspecified atom stereocenters. The summed E-state index contributed by atoms with van der Waals surface area (Å²) >= 11 is 3.48. The maximum atomic E-state index is 12.2. The summed E-state index contributed by atoms with van der Waals surface area (Å²) in [5.74, 6) is 0.0244. The van der Waals surface area contributed by atoms with Crippen LogP contribution in [0.2, 0.25) is 0 Å². The number of fused-ring (bicyclic) bond motifs is 1. The molecule has 0 radical (unpaired) electrons.